The third-order valence-corrected chi connectivity index (χ3v) is 4.25. The molecule has 1 saturated carbocycles. The largest absolute Gasteiger partial charge is 0.507 e. The maximum absolute atomic E-state index is 11.9. The first-order chi connectivity index (χ1) is 9.16. The second kappa shape index (κ2) is 6.94. The predicted octanol–water partition coefficient (Wildman–Crippen LogP) is 3.85. The monoisotopic (exact) mass is 325 g/mol. The fraction of sp³-hybridized carbons (Fsp3) is 0.533. The van der Waals surface area contributed by atoms with Gasteiger partial charge in [-0.1, -0.05) is 41.6 Å². The molecule has 1 aliphatic carbocycles. The Morgan fingerprint density at radius 2 is 2.11 bits per heavy atom. The topological polar surface area (TPSA) is 49.3 Å². The van der Waals surface area contributed by atoms with E-state index in [0.717, 1.165) is 16.8 Å². The van der Waals surface area contributed by atoms with Gasteiger partial charge in [-0.05, 0) is 37.0 Å². The lowest BCUT2D eigenvalue weighted by Gasteiger charge is -2.10. The Hall–Kier alpha value is -1.03. The number of hydrogen-bond acceptors (Lipinski definition) is 2. The number of hydrogen-bond donors (Lipinski definition) is 2. The summed E-state index contributed by atoms with van der Waals surface area (Å²) in [7, 11) is 0. The highest BCUT2D eigenvalue weighted by molar-refractivity contribution is 9.10. The number of phenols is 1. The Bertz CT molecular complexity index is 442. The molecule has 0 aromatic heterocycles. The number of phenolic OH excluding ortho intramolecular Hbond substituents is 1. The van der Waals surface area contributed by atoms with Crippen LogP contribution in [-0.2, 0) is 0 Å². The summed E-state index contributed by atoms with van der Waals surface area (Å²) in [5, 5.41) is 12.6. The van der Waals surface area contributed by atoms with Crippen LogP contribution < -0.4 is 5.32 Å². The van der Waals surface area contributed by atoms with E-state index in [1.54, 1.807) is 12.1 Å². The summed E-state index contributed by atoms with van der Waals surface area (Å²) in [6.45, 7) is 0.685. The van der Waals surface area contributed by atoms with Gasteiger partial charge in [0, 0.05) is 11.0 Å². The van der Waals surface area contributed by atoms with Crippen molar-refractivity contribution in [2.24, 2.45) is 5.92 Å². The number of halogens is 1. The minimum absolute atomic E-state index is 0.0164. The van der Waals surface area contributed by atoms with Gasteiger partial charge in [-0.2, -0.15) is 0 Å². The van der Waals surface area contributed by atoms with Crippen molar-refractivity contribution in [2.45, 2.75) is 38.5 Å². The number of aromatic hydroxyl groups is 1. The standard InChI is InChI=1S/C15H20BrNO2/c16-12-7-8-13(14(18)10-12)15(19)17-9-3-6-11-4-1-2-5-11/h7-8,10-11,18H,1-6,9H2,(H,17,19). The second-order valence-electron chi connectivity index (χ2n) is 5.21. The molecule has 2 rings (SSSR count). The van der Waals surface area contributed by atoms with Crippen molar-refractivity contribution in [1.29, 1.82) is 0 Å². The molecule has 0 saturated heterocycles. The van der Waals surface area contributed by atoms with Crippen LogP contribution in [0, 0.1) is 5.92 Å². The molecule has 2 N–H and O–H groups in total. The molecule has 1 aliphatic rings. The fourth-order valence-electron chi connectivity index (χ4n) is 2.68. The third kappa shape index (κ3) is 4.23. The number of carbonyl (C=O) groups is 1. The molecular formula is C15H20BrNO2. The van der Waals surface area contributed by atoms with Gasteiger partial charge in [-0.15, -0.1) is 0 Å². The normalized spacial score (nSPS) is 15.6. The van der Waals surface area contributed by atoms with Gasteiger partial charge in [-0.25, -0.2) is 0 Å². The van der Waals surface area contributed by atoms with E-state index in [1.807, 2.05) is 0 Å². The summed E-state index contributed by atoms with van der Waals surface area (Å²) >= 11 is 3.26. The van der Waals surface area contributed by atoms with Crippen molar-refractivity contribution < 1.29 is 9.90 Å². The summed E-state index contributed by atoms with van der Waals surface area (Å²) < 4.78 is 0.766. The highest BCUT2D eigenvalue weighted by atomic mass is 79.9. The minimum atomic E-state index is -0.198. The predicted molar refractivity (Wildman–Crippen MR) is 79.3 cm³/mol. The van der Waals surface area contributed by atoms with Crippen LogP contribution in [0.5, 0.6) is 5.75 Å². The molecule has 0 unspecified atom stereocenters. The zero-order chi connectivity index (χ0) is 13.7. The van der Waals surface area contributed by atoms with E-state index in [0.29, 0.717) is 12.1 Å². The summed E-state index contributed by atoms with van der Waals surface area (Å²) in [6, 6.07) is 4.92. The molecule has 1 amide bonds. The molecule has 0 radical (unpaired) electrons. The molecule has 1 aromatic carbocycles. The summed E-state index contributed by atoms with van der Waals surface area (Å²) in [5.41, 5.74) is 0.337. The molecule has 0 spiro atoms. The molecule has 0 bridgehead atoms. The van der Waals surface area contributed by atoms with E-state index in [4.69, 9.17) is 0 Å². The Balaban J connectivity index is 1.74. The van der Waals surface area contributed by atoms with Crippen molar-refractivity contribution in [1.82, 2.24) is 5.32 Å². The van der Waals surface area contributed by atoms with Gasteiger partial charge in [-0.3, -0.25) is 4.79 Å². The molecule has 19 heavy (non-hydrogen) atoms. The maximum Gasteiger partial charge on any atom is 0.255 e. The average Bonchev–Trinajstić information content (AvgIpc) is 2.87. The second-order valence-corrected chi connectivity index (χ2v) is 6.13. The van der Waals surface area contributed by atoms with Crippen molar-refractivity contribution >= 4 is 21.8 Å². The van der Waals surface area contributed by atoms with Gasteiger partial charge < -0.3 is 10.4 Å². The van der Waals surface area contributed by atoms with Gasteiger partial charge in [0.05, 0.1) is 5.56 Å². The Morgan fingerprint density at radius 1 is 1.37 bits per heavy atom. The molecule has 0 aliphatic heterocycles. The fourth-order valence-corrected chi connectivity index (χ4v) is 3.03. The van der Waals surface area contributed by atoms with Crippen LogP contribution in [0.1, 0.15) is 48.9 Å². The van der Waals surface area contributed by atoms with Crippen LogP contribution in [0.2, 0.25) is 0 Å². The van der Waals surface area contributed by atoms with Crippen LogP contribution in [0.25, 0.3) is 0 Å². The quantitative estimate of drug-likeness (QED) is 0.808. The molecule has 0 heterocycles. The van der Waals surface area contributed by atoms with Gasteiger partial charge >= 0.3 is 0 Å². The molecule has 104 valence electrons. The minimum Gasteiger partial charge on any atom is -0.507 e. The molecular weight excluding hydrogens is 306 g/mol. The molecule has 4 heteroatoms. The lowest BCUT2D eigenvalue weighted by Crippen LogP contribution is -2.24. The van der Waals surface area contributed by atoms with E-state index in [9.17, 15) is 9.90 Å². The van der Waals surface area contributed by atoms with Gasteiger partial charge in [0.15, 0.2) is 0 Å². The summed E-state index contributed by atoms with van der Waals surface area (Å²) in [6.07, 6.45) is 7.65. The first kappa shape index (κ1) is 14.4. The molecule has 1 fully saturated rings. The van der Waals surface area contributed by atoms with Crippen molar-refractivity contribution in [3.8, 4) is 5.75 Å². The van der Waals surface area contributed by atoms with Gasteiger partial charge in [0.25, 0.3) is 5.91 Å². The Morgan fingerprint density at radius 3 is 2.79 bits per heavy atom. The third-order valence-electron chi connectivity index (χ3n) is 3.75. The summed E-state index contributed by atoms with van der Waals surface area (Å²) in [4.78, 5) is 11.9. The van der Waals surface area contributed by atoms with Crippen molar-refractivity contribution in [3.05, 3.63) is 28.2 Å². The number of carbonyl (C=O) groups excluding carboxylic acids is 1. The van der Waals surface area contributed by atoms with E-state index >= 15 is 0 Å². The average molecular weight is 326 g/mol. The van der Waals surface area contributed by atoms with Crippen LogP contribution in [0.4, 0.5) is 0 Å². The Labute approximate surface area is 122 Å². The number of benzene rings is 1. The van der Waals surface area contributed by atoms with E-state index in [-0.39, 0.29) is 11.7 Å². The highest BCUT2D eigenvalue weighted by Gasteiger charge is 2.15. The number of nitrogens with one attached hydrogen (secondary N) is 1. The van der Waals surface area contributed by atoms with Gasteiger partial charge in [0.2, 0.25) is 0 Å². The van der Waals surface area contributed by atoms with E-state index in [1.165, 1.54) is 38.2 Å². The van der Waals surface area contributed by atoms with Crippen LogP contribution in [-0.4, -0.2) is 17.6 Å². The van der Waals surface area contributed by atoms with Crippen LogP contribution in [0.3, 0.4) is 0 Å². The van der Waals surface area contributed by atoms with Crippen LogP contribution in [0.15, 0.2) is 22.7 Å². The van der Waals surface area contributed by atoms with Crippen LogP contribution >= 0.6 is 15.9 Å². The summed E-state index contributed by atoms with van der Waals surface area (Å²) in [5.74, 6) is 0.678. The van der Waals surface area contributed by atoms with E-state index in [2.05, 4.69) is 21.2 Å². The maximum atomic E-state index is 11.9. The smallest absolute Gasteiger partial charge is 0.255 e. The number of rotatable bonds is 5. The van der Waals surface area contributed by atoms with E-state index < -0.39 is 0 Å². The lowest BCUT2D eigenvalue weighted by atomic mass is 10.0. The molecule has 0 atom stereocenters. The highest BCUT2D eigenvalue weighted by Crippen LogP contribution is 2.28. The van der Waals surface area contributed by atoms with Crippen molar-refractivity contribution in [3.63, 3.8) is 0 Å². The Kier molecular flexibility index (Phi) is 5.25. The first-order valence-electron chi connectivity index (χ1n) is 6.93. The lowest BCUT2D eigenvalue weighted by molar-refractivity contribution is 0.0950. The van der Waals surface area contributed by atoms with Gasteiger partial charge in [0.1, 0.15) is 5.75 Å². The zero-order valence-corrected chi connectivity index (χ0v) is 12.6. The SMILES string of the molecule is O=C(NCCCC1CCCC1)c1ccc(Br)cc1O. The molecule has 1 aromatic rings. The molecule has 3 nitrogen and oxygen atoms in total. The zero-order valence-electron chi connectivity index (χ0n) is 11.0. The van der Waals surface area contributed by atoms with Crippen molar-refractivity contribution in [2.75, 3.05) is 6.54 Å². The first-order valence-corrected chi connectivity index (χ1v) is 7.73. The number of amides is 1.